The molecule has 1 heterocycles. The van der Waals surface area contributed by atoms with E-state index in [1.165, 1.54) is 0 Å². The number of hydrogen-bond acceptors (Lipinski definition) is 2. The van der Waals surface area contributed by atoms with Gasteiger partial charge in [0.2, 0.25) is 5.92 Å². The van der Waals surface area contributed by atoms with Gasteiger partial charge in [-0.25, -0.2) is 13.8 Å². The fraction of sp³-hybridized carbons (Fsp3) is 0.727. The quantitative estimate of drug-likeness (QED) is 0.891. The average Bonchev–Trinajstić information content (AvgIpc) is 2.61. The van der Waals surface area contributed by atoms with Crippen LogP contribution in [0, 0.1) is 0 Å². The number of rotatable bonds is 2. The van der Waals surface area contributed by atoms with E-state index >= 15 is 0 Å². The Morgan fingerprint density at radius 2 is 2.00 bits per heavy atom. The predicted octanol–water partition coefficient (Wildman–Crippen LogP) is 2.48. The molecule has 0 saturated heterocycles. The van der Waals surface area contributed by atoms with Crippen LogP contribution in [0.15, 0.2) is 6.33 Å². The first kappa shape index (κ1) is 12.8. The van der Waals surface area contributed by atoms with Gasteiger partial charge in [-0.3, -0.25) is 0 Å². The molecule has 6 heteroatoms. The van der Waals surface area contributed by atoms with E-state index in [1.807, 2.05) is 7.05 Å². The second-order valence-electron chi connectivity index (χ2n) is 4.84. The van der Waals surface area contributed by atoms with Gasteiger partial charge in [-0.2, -0.15) is 0 Å². The van der Waals surface area contributed by atoms with E-state index in [4.69, 9.17) is 17.3 Å². The first-order chi connectivity index (χ1) is 7.90. The summed E-state index contributed by atoms with van der Waals surface area (Å²) < 4.78 is 28.3. The largest absolute Gasteiger partial charge is 0.336 e. The summed E-state index contributed by atoms with van der Waals surface area (Å²) in [5, 5.41) is 0.378. The topological polar surface area (TPSA) is 43.8 Å². The van der Waals surface area contributed by atoms with Gasteiger partial charge in [0.15, 0.2) is 5.15 Å². The van der Waals surface area contributed by atoms with Gasteiger partial charge in [0, 0.05) is 31.8 Å². The van der Waals surface area contributed by atoms with E-state index in [1.54, 1.807) is 10.9 Å². The van der Waals surface area contributed by atoms with Crippen molar-refractivity contribution in [2.45, 2.75) is 37.0 Å². The number of imidazole rings is 1. The average molecular weight is 264 g/mol. The zero-order chi connectivity index (χ0) is 12.7. The van der Waals surface area contributed by atoms with Gasteiger partial charge in [0.05, 0.1) is 12.0 Å². The second-order valence-corrected chi connectivity index (χ2v) is 5.19. The Hall–Kier alpha value is -0.680. The molecule has 0 bridgehead atoms. The van der Waals surface area contributed by atoms with Gasteiger partial charge in [-0.1, -0.05) is 11.6 Å². The molecule has 2 N–H and O–H groups in total. The maximum atomic E-state index is 13.2. The van der Waals surface area contributed by atoms with Crippen LogP contribution < -0.4 is 5.73 Å². The van der Waals surface area contributed by atoms with Crippen LogP contribution >= 0.6 is 11.6 Å². The number of alkyl halides is 2. The Kier molecular flexibility index (Phi) is 3.16. The number of hydrogen-bond donors (Lipinski definition) is 1. The van der Waals surface area contributed by atoms with E-state index < -0.39 is 11.3 Å². The molecular weight excluding hydrogens is 248 g/mol. The van der Waals surface area contributed by atoms with Crippen molar-refractivity contribution in [2.75, 3.05) is 6.54 Å². The molecule has 0 amide bonds. The highest BCUT2D eigenvalue weighted by atomic mass is 35.5. The normalized spacial score (nSPS) is 22.6. The third-order valence-corrected chi connectivity index (χ3v) is 4.00. The molecule has 1 aromatic rings. The van der Waals surface area contributed by atoms with Crippen molar-refractivity contribution in [1.82, 2.24) is 9.55 Å². The zero-order valence-corrected chi connectivity index (χ0v) is 10.5. The molecule has 3 nitrogen and oxygen atoms in total. The van der Waals surface area contributed by atoms with Gasteiger partial charge in [-0.15, -0.1) is 0 Å². The van der Waals surface area contributed by atoms with Crippen molar-refractivity contribution in [3.8, 4) is 0 Å². The smallest absolute Gasteiger partial charge is 0.248 e. The molecule has 17 heavy (non-hydrogen) atoms. The third kappa shape index (κ3) is 2.18. The van der Waals surface area contributed by atoms with Gasteiger partial charge >= 0.3 is 0 Å². The van der Waals surface area contributed by atoms with Crippen molar-refractivity contribution in [1.29, 1.82) is 0 Å². The minimum Gasteiger partial charge on any atom is -0.336 e. The molecule has 0 aliphatic heterocycles. The maximum absolute atomic E-state index is 13.2. The Labute approximate surface area is 104 Å². The summed E-state index contributed by atoms with van der Waals surface area (Å²) in [6, 6.07) is 0. The number of aromatic nitrogens is 2. The predicted molar refractivity (Wildman–Crippen MR) is 62.4 cm³/mol. The highest BCUT2D eigenvalue weighted by Gasteiger charge is 2.45. The SMILES string of the molecule is Cn1cnc(Cl)c1C1(CN)CCC(F)(F)CC1. The van der Waals surface area contributed by atoms with Crippen molar-refractivity contribution in [2.24, 2.45) is 12.8 Å². The molecule has 0 aromatic carbocycles. The van der Waals surface area contributed by atoms with Gasteiger partial charge in [0.25, 0.3) is 0 Å². The van der Waals surface area contributed by atoms with E-state index in [0.717, 1.165) is 5.69 Å². The van der Waals surface area contributed by atoms with Crippen LogP contribution in [0.3, 0.4) is 0 Å². The van der Waals surface area contributed by atoms with Crippen LogP contribution in [0.25, 0.3) is 0 Å². The van der Waals surface area contributed by atoms with Gasteiger partial charge < -0.3 is 10.3 Å². The van der Waals surface area contributed by atoms with Crippen LogP contribution in [0.5, 0.6) is 0 Å². The lowest BCUT2D eigenvalue weighted by molar-refractivity contribution is -0.0517. The van der Waals surface area contributed by atoms with Crippen LogP contribution in [-0.4, -0.2) is 22.0 Å². The fourth-order valence-corrected chi connectivity index (χ4v) is 3.00. The first-order valence-electron chi connectivity index (χ1n) is 5.65. The summed E-state index contributed by atoms with van der Waals surface area (Å²) in [4.78, 5) is 4.01. The highest BCUT2D eigenvalue weighted by Crippen LogP contribution is 2.46. The van der Waals surface area contributed by atoms with Crippen LogP contribution in [-0.2, 0) is 12.5 Å². The third-order valence-electron chi connectivity index (χ3n) is 3.72. The summed E-state index contributed by atoms with van der Waals surface area (Å²) in [7, 11) is 1.82. The zero-order valence-electron chi connectivity index (χ0n) is 9.72. The molecule has 1 fully saturated rings. The van der Waals surface area contributed by atoms with Crippen LogP contribution in [0.1, 0.15) is 31.4 Å². The van der Waals surface area contributed by atoms with E-state index in [2.05, 4.69) is 4.98 Å². The second kappa shape index (κ2) is 4.21. The number of nitrogens with zero attached hydrogens (tertiary/aromatic N) is 2. The van der Waals surface area contributed by atoms with Crippen molar-refractivity contribution in [3.63, 3.8) is 0 Å². The summed E-state index contributed by atoms with van der Waals surface area (Å²) in [5.41, 5.74) is 6.15. The number of nitrogens with two attached hydrogens (primary N) is 1. The molecular formula is C11H16ClF2N3. The Morgan fingerprint density at radius 3 is 2.41 bits per heavy atom. The monoisotopic (exact) mass is 263 g/mol. The standard InChI is InChI=1S/C11H16ClF2N3/c1-17-7-16-9(12)8(17)10(6-15)2-4-11(13,14)5-3-10/h7H,2-6,15H2,1H3. The summed E-state index contributed by atoms with van der Waals surface area (Å²) >= 11 is 6.04. The van der Waals surface area contributed by atoms with Crippen LogP contribution in [0.2, 0.25) is 5.15 Å². The number of aryl methyl sites for hydroxylation is 1. The summed E-state index contributed by atoms with van der Waals surface area (Å²) in [6.07, 6.45) is 2.05. The van der Waals surface area contributed by atoms with Gasteiger partial charge in [-0.05, 0) is 12.8 Å². The summed E-state index contributed by atoms with van der Waals surface area (Å²) in [5.74, 6) is -2.57. The van der Waals surface area contributed by atoms with Crippen LogP contribution in [0.4, 0.5) is 8.78 Å². The van der Waals surface area contributed by atoms with E-state index in [9.17, 15) is 8.78 Å². The van der Waals surface area contributed by atoms with Crippen molar-refractivity contribution >= 4 is 11.6 Å². The Balaban J connectivity index is 2.34. The Morgan fingerprint density at radius 1 is 1.41 bits per heavy atom. The number of halogens is 3. The molecule has 0 radical (unpaired) electrons. The molecule has 1 aliphatic rings. The highest BCUT2D eigenvalue weighted by molar-refractivity contribution is 6.30. The molecule has 2 rings (SSSR count). The molecule has 1 aliphatic carbocycles. The minimum atomic E-state index is -2.57. The fourth-order valence-electron chi connectivity index (χ4n) is 2.63. The molecule has 96 valence electrons. The maximum Gasteiger partial charge on any atom is 0.248 e. The molecule has 0 atom stereocenters. The van der Waals surface area contributed by atoms with Gasteiger partial charge in [0.1, 0.15) is 0 Å². The lowest BCUT2D eigenvalue weighted by atomic mass is 9.70. The minimum absolute atomic E-state index is 0.133. The lowest BCUT2D eigenvalue weighted by Gasteiger charge is -2.39. The van der Waals surface area contributed by atoms with Crippen molar-refractivity contribution < 1.29 is 8.78 Å². The molecule has 0 unspecified atom stereocenters. The molecule has 1 saturated carbocycles. The van der Waals surface area contributed by atoms with E-state index in [-0.39, 0.29) is 12.8 Å². The summed E-state index contributed by atoms with van der Waals surface area (Å²) in [6.45, 7) is 0.322. The Bertz CT molecular complexity index is 387. The lowest BCUT2D eigenvalue weighted by Crippen LogP contribution is -2.43. The first-order valence-corrected chi connectivity index (χ1v) is 6.03. The van der Waals surface area contributed by atoms with Crippen molar-refractivity contribution in [3.05, 3.63) is 17.2 Å². The molecule has 0 spiro atoms. The van der Waals surface area contributed by atoms with E-state index in [0.29, 0.717) is 24.5 Å². The molecule has 1 aromatic heterocycles.